The van der Waals surface area contributed by atoms with Gasteiger partial charge in [-0.15, -0.1) is 13.2 Å². The third-order valence-corrected chi connectivity index (χ3v) is 6.68. The molecule has 0 aliphatic rings. The van der Waals surface area contributed by atoms with Gasteiger partial charge in [-0.25, -0.2) is 4.98 Å². The van der Waals surface area contributed by atoms with Crippen molar-refractivity contribution in [2.75, 3.05) is 19.4 Å². The molecule has 0 aliphatic heterocycles. The van der Waals surface area contributed by atoms with Crippen LogP contribution in [0, 0.1) is 12.8 Å². The minimum atomic E-state index is -2.72. The maximum absolute atomic E-state index is 13.1. The van der Waals surface area contributed by atoms with Crippen LogP contribution in [-0.4, -0.2) is 36.8 Å². The SMILES string of the molecule is C=C.CCCC[C@@H](C)CC.CCN.COc1ccc(-c2nc(C(=O)NCc3cccc(N)c3)c(C)o2)c2ccc(B(F)F)nc12. The number of nitrogens with two attached hydrogens (primary N) is 2. The number of ether oxygens (including phenoxy) is 1. The molecule has 0 spiro atoms. The Morgan fingerprint density at radius 1 is 1.11 bits per heavy atom. The fraction of sp³-hybridized carbons (Fsp3) is 0.382. The fourth-order valence-electron chi connectivity index (χ4n) is 4.13. The Morgan fingerprint density at radius 2 is 1.80 bits per heavy atom. The molecule has 11 heteroatoms. The first-order valence-electron chi connectivity index (χ1n) is 15.2. The number of hydrogen-bond donors (Lipinski definition) is 3. The van der Waals surface area contributed by atoms with Crippen LogP contribution in [0.5, 0.6) is 5.75 Å². The summed E-state index contributed by atoms with van der Waals surface area (Å²) in [5.74, 6) is 1.39. The van der Waals surface area contributed by atoms with Gasteiger partial charge in [0.05, 0.1) is 12.7 Å². The van der Waals surface area contributed by atoms with E-state index in [-0.39, 0.29) is 29.2 Å². The second kappa shape index (κ2) is 20.7. The molecule has 0 aliphatic carbocycles. The number of unbranched alkanes of at least 4 members (excludes halogenated alkanes) is 1. The molecule has 8 nitrogen and oxygen atoms in total. The van der Waals surface area contributed by atoms with E-state index < -0.39 is 13.2 Å². The number of nitrogen functional groups attached to an aromatic ring is 1. The van der Waals surface area contributed by atoms with E-state index in [2.05, 4.69) is 49.2 Å². The van der Waals surface area contributed by atoms with Crippen LogP contribution in [0.4, 0.5) is 14.3 Å². The predicted octanol–water partition coefficient (Wildman–Crippen LogP) is 7.34. The summed E-state index contributed by atoms with van der Waals surface area (Å²) in [6, 6.07) is 13.2. The van der Waals surface area contributed by atoms with Crippen LogP contribution in [0.15, 0.2) is 66.1 Å². The molecule has 0 unspecified atom stereocenters. The second-order valence-electron chi connectivity index (χ2n) is 10.2. The van der Waals surface area contributed by atoms with Gasteiger partial charge in [-0.05, 0) is 55.3 Å². The summed E-state index contributed by atoms with van der Waals surface area (Å²) in [6.45, 7) is 17.4. The number of nitrogens with one attached hydrogen (secondary N) is 1. The van der Waals surface area contributed by atoms with Crippen LogP contribution in [0.25, 0.3) is 22.4 Å². The average molecular weight is 624 g/mol. The minimum absolute atomic E-state index is 0.130. The van der Waals surface area contributed by atoms with Crippen LogP contribution < -0.4 is 27.1 Å². The first-order chi connectivity index (χ1) is 21.6. The van der Waals surface area contributed by atoms with E-state index in [4.69, 9.17) is 20.6 Å². The number of anilines is 1. The van der Waals surface area contributed by atoms with E-state index in [0.717, 1.165) is 18.0 Å². The van der Waals surface area contributed by atoms with Gasteiger partial charge in [-0.1, -0.05) is 71.6 Å². The number of aromatic nitrogens is 2. The maximum atomic E-state index is 13.1. The smallest absolute Gasteiger partial charge is 0.494 e. The predicted molar refractivity (Wildman–Crippen MR) is 183 cm³/mol. The number of halogens is 2. The Balaban J connectivity index is 0.000000664. The maximum Gasteiger partial charge on any atom is 0.590 e. The lowest BCUT2D eigenvalue weighted by atomic mass is 9.91. The summed E-state index contributed by atoms with van der Waals surface area (Å²) in [5.41, 5.74) is 12.6. The third kappa shape index (κ3) is 12.0. The molecule has 4 aromatic rings. The number of oxazole rings is 1. The molecule has 0 fully saturated rings. The van der Waals surface area contributed by atoms with Crippen LogP contribution in [0.2, 0.25) is 0 Å². The number of rotatable bonds is 10. The van der Waals surface area contributed by atoms with Crippen molar-refractivity contribution in [2.24, 2.45) is 11.7 Å². The second-order valence-corrected chi connectivity index (χ2v) is 10.2. The summed E-state index contributed by atoms with van der Waals surface area (Å²) in [4.78, 5) is 21.1. The highest BCUT2D eigenvalue weighted by molar-refractivity contribution is 6.59. The van der Waals surface area contributed by atoms with E-state index >= 15 is 0 Å². The van der Waals surface area contributed by atoms with Crippen LogP contribution in [-0.2, 0) is 6.54 Å². The van der Waals surface area contributed by atoms with Gasteiger partial charge in [0.2, 0.25) is 5.89 Å². The Labute approximate surface area is 266 Å². The van der Waals surface area contributed by atoms with Gasteiger partial charge >= 0.3 is 7.27 Å². The first kappa shape index (κ1) is 38.8. The molecule has 45 heavy (non-hydrogen) atoms. The van der Waals surface area contributed by atoms with E-state index in [1.54, 1.807) is 37.3 Å². The summed E-state index contributed by atoms with van der Waals surface area (Å²) in [6.07, 6.45) is 5.53. The van der Waals surface area contributed by atoms with Crippen LogP contribution in [0.3, 0.4) is 0 Å². The van der Waals surface area contributed by atoms with E-state index in [1.165, 1.54) is 44.9 Å². The van der Waals surface area contributed by atoms with E-state index in [9.17, 15) is 13.4 Å². The molecular weight excluding hydrogens is 575 g/mol. The number of carbonyl (C=O) groups excluding carboxylic acids is 1. The average Bonchev–Trinajstić information content (AvgIpc) is 3.44. The fourth-order valence-corrected chi connectivity index (χ4v) is 4.13. The number of carbonyl (C=O) groups is 1. The lowest BCUT2D eigenvalue weighted by molar-refractivity contribution is 0.0945. The molecule has 0 saturated carbocycles. The molecule has 0 radical (unpaired) electrons. The molecule has 1 amide bonds. The lowest BCUT2D eigenvalue weighted by Gasteiger charge is -2.09. The van der Waals surface area contributed by atoms with Crippen molar-refractivity contribution in [1.29, 1.82) is 0 Å². The number of nitrogens with zero attached hydrogens (tertiary/aromatic N) is 2. The molecule has 4 rings (SSSR count). The van der Waals surface area contributed by atoms with Gasteiger partial charge in [0.15, 0.2) is 5.69 Å². The van der Waals surface area contributed by atoms with Crippen LogP contribution >= 0.6 is 0 Å². The van der Waals surface area contributed by atoms with Crippen molar-refractivity contribution in [1.82, 2.24) is 15.3 Å². The molecule has 0 bridgehead atoms. The molecule has 0 saturated heterocycles. The highest BCUT2D eigenvalue weighted by atomic mass is 19.2. The number of hydrogen-bond acceptors (Lipinski definition) is 7. The van der Waals surface area contributed by atoms with Gasteiger partial charge in [0.25, 0.3) is 5.91 Å². The molecule has 5 N–H and O–H groups in total. The number of fused-ring (bicyclic) bond motifs is 1. The van der Waals surface area contributed by atoms with E-state index in [1.807, 2.05) is 13.0 Å². The van der Waals surface area contributed by atoms with Crippen molar-refractivity contribution in [2.45, 2.75) is 66.8 Å². The van der Waals surface area contributed by atoms with Crippen molar-refractivity contribution in [3.8, 4) is 17.2 Å². The zero-order valence-electron chi connectivity index (χ0n) is 27.5. The molecule has 2 aromatic carbocycles. The Morgan fingerprint density at radius 3 is 2.38 bits per heavy atom. The highest BCUT2D eigenvalue weighted by Crippen LogP contribution is 2.33. The molecule has 244 valence electrons. The summed E-state index contributed by atoms with van der Waals surface area (Å²) in [5, 5.41) is 3.31. The van der Waals surface area contributed by atoms with Crippen molar-refractivity contribution >= 4 is 35.4 Å². The monoisotopic (exact) mass is 623 g/mol. The first-order valence-corrected chi connectivity index (χ1v) is 15.2. The summed E-state index contributed by atoms with van der Waals surface area (Å²) >= 11 is 0. The standard InChI is InChI=1S/C22H19BF2N4O3.C8H18.C2H7N.C2H4/c1-12-19(21(30)27-11-13-4-3-5-14(26)10-13)29-22(32-12)16-6-8-17(31-2)20-15(16)7-9-18(28-20)23(24)25;1-4-6-7-8(3)5-2;1-2-3;1-2/h3-10H,11,26H2,1-2H3,(H,27,30);8H,4-7H2,1-3H3;2-3H2,1H3;1-2H2/t;8-;;/m.0../s1. The molecule has 2 aromatic heterocycles. The highest BCUT2D eigenvalue weighted by Gasteiger charge is 2.23. The van der Waals surface area contributed by atoms with Crippen LogP contribution in [0.1, 0.15) is 75.2 Å². The normalized spacial score (nSPS) is 10.7. The largest absolute Gasteiger partial charge is 0.590 e. The van der Waals surface area contributed by atoms with Gasteiger partial charge < -0.3 is 25.9 Å². The zero-order valence-corrected chi connectivity index (χ0v) is 27.5. The topological polar surface area (TPSA) is 129 Å². The van der Waals surface area contributed by atoms with Gasteiger partial charge in [-0.2, -0.15) is 0 Å². The number of methoxy groups -OCH3 is 1. The summed E-state index contributed by atoms with van der Waals surface area (Å²) < 4.78 is 37.3. The number of pyridine rings is 1. The number of aryl methyl sites for hydroxylation is 1. The quantitative estimate of drug-likeness (QED) is 0.0957. The summed E-state index contributed by atoms with van der Waals surface area (Å²) in [7, 11) is -1.28. The molecule has 1 atom stereocenters. The Bertz CT molecular complexity index is 1470. The lowest BCUT2D eigenvalue weighted by Crippen LogP contribution is -2.24. The Kier molecular flexibility index (Phi) is 17.8. The molecular formula is C34H48BF2N5O3. The third-order valence-electron chi connectivity index (χ3n) is 6.68. The van der Waals surface area contributed by atoms with E-state index in [0.29, 0.717) is 28.1 Å². The Hall–Kier alpha value is -4.25. The van der Waals surface area contributed by atoms with Crippen molar-refractivity contribution in [3.05, 3.63) is 78.7 Å². The van der Waals surface area contributed by atoms with Gasteiger partial charge in [0, 0.05) is 23.2 Å². The minimum Gasteiger partial charge on any atom is -0.494 e. The van der Waals surface area contributed by atoms with Crippen molar-refractivity contribution < 1.29 is 22.6 Å². The number of benzene rings is 2. The zero-order chi connectivity index (χ0) is 33.9. The van der Waals surface area contributed by atoms with Gasteiger partial charge in [-0.3, -0.25) is 18.4 Å². The van der Waals surface area contributed by atoms with Gasteiger partial charge in [0.1, 0.15) is 17.0 Å². The number of amides is 1. The molecule has 2 heterocycles. The van der Waals surface area contributed by atoms with Crippen molar-refractivity contribution in [3.63, 3.8) is 0 Å².